The van der Waals surface area contributed by atoms with Crippen molar-refractivity contribution < 1.29 is 17.6 Å². The van der Waals surface area contributed by atoms with Crippen molar-refractivity contribution in [2.24, 2.45) is 5.73 Å². The number of benzene rings is 1. The molecule has 1 nitrogen and oxygen atoms in total. The number of halogens is 6. The zero-order valence-electron chi connectivity index (χ0n) is 8.60. The van der Waals surface area contributed by atoms with Crippen LogP contribution in [0.5, 0.6) is 0 Å². The van der Waals surface area contributed by atoms with Gasteiger partial charge in [0.05, 0.1) is 4.47 Å². The summed E-state index contributed by atoms with van der Waals surface area (Å²) < 4.78 is 48.9. The van der Waals surface area contributed by atoms with Crippen LogP contribution in [0.2, 0.25) is 0 Å². The second-order valence-corrected chi connectivity index (χ2v) is 4.29. The minimum absolute atomic E-state index is 0. The van der Waals surface area contributed by atoms with Crippen molar-refractivity contribution in [2.45, 2.75) is 25.1 Å². The first kappa shape index (κ1) is 16.7. The summed E-state index contributed by atoms with van der Waals surface area (Å²) in [4.78, 5) is 0. The lowest BCUT2D eigenvalue weighted by molar-refractivity contribution is -0.136. The average molecular weight is 337 g/mol. The highest BCUT2D eigenvalue weighted by Crippen LogP contribution is 2.27. The Morgan fingerprint density at radius 3 is 2.35 bits per heavy atom. The number of hydrogen-bond donors (Lipinski definition) is 1. The van der Waals surface area contributed by atoms with Crippen molar-refractivity contribution in [3.05, 3.63) is 34.1 Å². The van der Waals surface area contributed by atoms with Gasteiger partial charge in [0.15, 0.2) is 0 Å². The molecule has 0 aliphatic rings. The fraction of sp³-hybridized carbons (Fsp3) is 0.400. The van der Waals surface area contributed by atoms with Crippen LogP contribution in [0.1, 0.15) is 24.4 Å². The van der Waals surface area contributed by atoms with Gasteiger partial charge < -0.3 is 5.73 Å². The van der Waals surface area contributed by atoms with Gasteiger partial charge in [0, 0.05) is 12.5 Å². The van der Waals surface area contributed by atoms with E-state index in [0.717, 1.165) is 0 Å². The molecular weight excluding hydrogens is 325 g/mol. The SMILES string of the molecule is Cl.N[C@@H](CCC(F)(F)F)c1ccc(F)c(Br)c1. The third-order valence-electron chi connectivity index (χ3n) is 2.11. The summed E-state index contributed by atoms with van der Waals surface area (Å²) in [6, 6.07) is 3.23. The summed E-state index contributed by atoms with van der Waals surface area (Å²) >= 11 is 2.95. The Bertz CT molecular complexity index is 370. The number of alkyl halides is 3. The van der Waals surface area contributed by atoms with E-state index in [-0.39, 0.29) is 23.3 Å². The van der Waals surface area contributed by atoms with Gasteiger partial charge in [-0.3, -0.25) is 0 Å². The lowest BCUT2D eigenvalue weighted by Gasteiger charge is -2.13. The van der Waals surface area contributed by atoms with Crippen LogP contribution in [0.3, 0.4) is 0 Å². The number of rotatable bonds is 3. The van der Waals surface area contributed by atoms with E-state index in [1.165, 1.54) is 18.2 Å². The summed E-state index contributed by atoms with van der Waals surface area (Å²) in [6.07, 6.45) is -5.36. The van der Waals surface area contributed by atoms with Crippen molar-refractivity contribution in [3.8, 4) is 0 Å². The van der Waals surface area contributed by atoms with E-state index in [2.05, 4.69) is 15.9 Å². The van der Waals surface area contributed by atoms with Crippen LogP contribution in [0, 0.1) is 5.82 Å². The molecule has 0 unspecified atom stereocenters. The van der Waals surface area contributed by atoms with E-state index in [1.54, 1.807) is 0 Å². The maximum absolute atomic E-state index is 12.9. The minimum atomic E-state index is -4.21. The van der Waals surface area contributed by atoms with E-state index >= 15 is 0 Å². The molecule has 0 aliphatic carbocycles. The predicted molar refractivity (Wildman–Crippen MR) is 63.6 cm³/mol. The average Bonchev–Trinajstić information content (AvgIpc) is 2.17. The highest BCUT2D eigenvalue weighted by atomic mass is 79.9. The van der Waals surface area contributed by atoms with Gasteiger partial charge in [-0.15, -0.1) is 12.4 Å². The van der Waals surface area contributed by atoms with E-state index in [1.807, 2.05) is 0 Å². The fourth-order valence-electron chi connectivity index (χ4n) is 1.23. The van der Waals surface area contributed by atoms with Crippen molar-refractivity contribution in [3.63, 3.8) is 0 Å². The zero-order valence-corrected chi connectivity index (χ0v) is 11.0. The Labute approximate surface area is 111 Å². The maximum Gasteiger partial charge on any atom is 0.389 e. The molecule has 0 aromatic heterocycles. The molecule has 1 aromatic rings. The van der Waals surface area contributed by atoms with Crippen LogP contribution < -0.4 is 5.73 Å². The van der Waals surface area contributed by atoms with Gasteiger partial charge in [0.25, 0.3) is 0 Å². The van der Waals surface area contributed by atoms with E-state index in [4.69, 9.17) is 5.73 Å². The molecule has 17 heavy (non-hydrogen) atoms. The monoisotopic (exact) mass is 335 g/mol. The molecule has 0 aliphatic heterocycles. The molecule has 0 spiro atoms. The largest absolute Gasteiger partial charge is 0.389 e. The van der Waals surface area contributed by atoms with Crippen LogP contribution in [0.25, 0.3) is 0 Å². The lowest BCUT2D eigenvalue weighted by atomic mass is 10.0. The lowest BCUT2D eigenvalue weighted by Crippen LogP contribution is -2.15. The molecule has 1 atom stereocenters. The summed E-state index contributed by atoms with van der Waals surface area (Å²) in [6.45, 7) is 0. The number of nitrogens with two attached hydrogens (primary N) is 1. The van der Waals surface area contributed by atoms with E-state index in [9.17, 15) is 17.6 Å². The molecule has 2 N–H and O–H groups in total. The van der Waals surface area contributed by atoms with Crippen LogP contribution in [0.15, 0.2) is 22.7 Å². The first-order valence-electron chi connectivity index (χ1n) is 4.57. The molecule has 0 heterocycles. The van der Waals surface area contributed by atoms with Crippen molar-refractivity contribution in [1.29, 1.82) is 0 Å². The molecule has 0 bridgehead atoms. The minimum Gasteiger partial charge on any atom is -0.324 e. The Morgan fingerprint density at radius 1 is 1.29 bits per heavy atom. The third-order valence-corrected chi connectivity index (χ3v) is 2.72. The Kier molecular flexibility index (Phi) is 6.43. The third kappa shape index (κ3) is 5.70. The van der Waals surface area contributed by atoms with Gasteiger partial charge in [-0.25, -0.2) is 4.39 Å². The van der Waals surface area contributed by atoms with E-state index in [0.29, 0.717) is 5.56 Å². The Morgan fingerprint density at radius 2 is 1.88 bits per heavy atom. The van der Waals surface area contributed by atoms with Crippen LogP contribution in [-0.4, -0.2) is 6.18 Å². The van der Waals surface area contributed by atoms with Gasteiger partial charge in [-0.2, -0.15) is 13.2 Å². The second-order valence-electron chi connectivity index (χ2n) is 3.43. The Hall–Kier alpha value is -0.330. The van der Waals surface area contributed by atoms with Gasteiger partial charge in [-0.05, 0) is 40.0 Å². The summed E-state index contributed by atoms with van der Waals surface area (Å²) in [5.41, 5.74) is 6.06. The summed E-state index contributed by atoms with van der Waals surface area (Å²) in [5.74, 6) is -0.466. The maximum atomic E-state index is 12.9. The van der Waals surface area contributed by atoms with Crippen LogP contribution >= 0.6 is 28.3 Å². The molecule has 0 saturated carbocycles. The quantitative estimate of drug-likeness (QED) is 0.816. The fourth-order valence-corrected chi connectivity index (χ4v) is 1.63. The first-order valence-corrected chi connectivity index (χ1v) is 5.36. The molecule has 98 valence electrons. The van der Waals surface area contributed by atoms with Gasteiger partial charge in [0.1, 0.15) is 5.82 Å². The van der Waals surface area contributed by atoms with Crippen LogP contribution in [0.4, 0.5) is 17.6 Å². The van der Waals surface area contributed by atoms with Crippen LogP contribution in [-0.2, 0) is 0 Å². The molecule has 0 saturated heterocycles. The van der Waals surface area contributed by atoms with E-state index < -0.39 is 24.5 Å². The first-order chi connectivity index (χ1) is 7.29. The van der Waals surface area contributed by atoms with Crippen molar-refractivity contribution in [1.82, 2.24) is 0 Å². The topological polar surface area (TPSA) is 26.0 Å². The zero-order chi connectivity index (χ0) is 12.3. The molecule has 1 aromatic carbocycles. The van der Waals surface area contributed by atoms with Gasteiger partial charge >= 0.3 is 6.18 Å². The number of hydrogen-bond acceptors (Lipinski definition) is 1. The Balaban J connectivity index is 0.00000256. The van der Waals surface area contributed by atoms with Gasteiger partial charge in [-0.1, -0.05) is 6.07 Å². The standard InChI is InChI=1S/C10H10BrF4N.ClH/c11-7-5-6(1-2-8(7)12)9(16)3-4-10(13,14)15;/h1-2,5,9H,3-4,16H2;1H/t9-;/m0./s1. The molecule has 0 fully saturated rings. The summed E-state index contributed by atoms with van der Waals surface area (Å²) in [7, 11) is 0. The highest BCUT2D eigenvalue weighted by Gasteiger charge is 2.27. The molecule has 0 amide bonds. The molecular formula is C10H11BrClF4N. The van der Waals surface area contributed by atoms with Gasteiger partial charge in [0.2, 0.25) is 0 Å². The van der Waals surface area contributed by atoms with Crippen molar-refractivity contribution >= 4 is 28.3 Å². The normalized spacial score (nSPS) is 13.1. The molecule has 7 heteroatoms. The smallest absolute Gasteiger partial charge is 0.324 e. The molecule has 1 rings (SSSR count). The predicted octanol–water partition coefficient (Wildman–Crippen LogP) is 4.35. The summed E-state index contributed by atoms with van der Waals surface area (Å²) in [5, 5.41) is 0. The second kappa shape index (κ2) is 6.56. The highest BCUT2D eigenvalue weighted by molar-refractivity contribution is 9.10. The molecule has 0 radical (unpaired) electrons. The van der Waals surface area contributed by atoms with Crippen molar-refractivity contribution in [2.75, 3.05) is 0 Å².